The molecule has 0 saturated carbocycles. The maximum absolute atomic E-state index is 6.01. The van der Waals surface area contributed by atoms with Gasteiger partial charge < -0.3 is 0 Å². The van der Waals surface area contributed by atoms with Crippen LogP contribution in [0.5, 0.6) is 0 Å². The zero-order valence-corrected chi connectivity index (χ0v) is 9.33. The average molecular weight is 239 g/mol. The first kappa shape index (κ1) is 10.4. The largest absolute Gasteiger partial charge is 0.265 e. The van der Waals surface area contributed by atoms with E-state index < -0.39 is 0 Å². The van der Waals surface area contributed by atoms with Gasteiger partial charge in [0.15, 0.2) is 0 Å². The van der Waals surface area contributed by atoms with Crippen LogP contribution in [-0.2, 0) is 5.88 Å². The lowest BCUT2D eigenvalue weighted by Gasteiger charge is -2.04. The highest BCUT2D eigenvalue weighted by molar-refractivity contribution is 6.32. The Kier molecular flexibility index (Phi) is 3.19. The van der Waals surface area contributed by atoms with Gasteiger partial charge in [0.2, 0.25) is 0 Å². The summed E-state index contributed by atoms with van der Waals surface area (Å²) in [5.41, 5.74) is 2.83. The summed E-state index contributed by atoms with van der Waals surface area (Å²) in [6.45, 7) is 0. The van der Waals surface area contributed by atoms with Crippen LogP contribution in [0, 0.1) is 0 Å². The van der Waals surface area contributed by atoms with Crippen molar-refractivity contribution in [1.82, 2.24) is 9.97 Å². The Morgan fingerprint density at radius 3 is 2.60 bits per heavy atom. The van der Waals surface area contributed by atoms with Crippen LogP contribution in [0.2, 0.25) is 5.15 Å². The molecule has 0 aliphatic heterocycles. The normalized spacial score (nSPS) is 10.3. The summed E-state index contributed by atoms with van der Waals surface area (Å²) in [6.07, 6.45) is 5.12. The molecule has 0 fully saturated rings. The van der Waals surface area contributed by atoms with Crippen LogP contribution in [-0.4, -0.2) is 9.97 Å². The van der Waals surface area contributed by atoms with Crippen LogP contribution in [0.25, 0.3) is 11.1 Å². The minimum Gasteiger partial charge on any atom is -0.265 e. The lowest BCUT2D eigenvalue weighted by molar-refractivity contribution is 1.24. The molecular weight excluding hydrogens is 231 g/mol. The van der Waals surface area contributed by atoms with E-state index >= 15 is 0 Å². The van der Waals surface area contributed by atoms with Crippen molar-refractivity contribution in [2.45, 2.75) is 5.88 Å². The van der Waals surface area contributed by atoms with E-state index in [2.05, 4.69) is 9.97 Å². The van der Waals surface area contributed by atoms with Crippen LogP contribution in [0.1, 0.15) is 5.56 Å². The van der Waals surface area contributed by atoms with Crippen molar-refractivity contribution < 1.29 is 0 Å². The standard InChI is InChI=1S/C11H8Cl2N2/c12-6-8-5-10(11(13)15-7-8)9-1-3-14-4-2-9/h1-5,7H,6H2. The first-order chi connectivity index (χ1) is 7.31. The third kappa shape index (κ3) is 2.28. The molecule has 0 unspecified atom stereocenters. The van der Waals surface area contributed by atoms with Crippen molar-refractivity contribution in [3.8, 4) is 11.1 Å². The molecule has 76 valence electrons. The molecule has 15 heavy (non-hydrogen) atoms. The molecule has 0 atom stereocenters. The van der Waals surface area contributed by atoms with Crippen LogP contribution < -0.4 is 0 Å². The molecule has 2 heterocycles. The monoisotopic (exact) mass is 238 g/mol. The molecule has 0 aliphatic carbocycles. The van der Waals surface area contributed by atoms with Gasteiger partial charge in [-0.05, 0) is 29.3 Å². The van der Waals surface area contributed by atoms with Gasteiger partial charge in [-0.3, -0.25) is 4.98 Å². The van der Waals surface area contributed by atoms with Crippen molar-refractivity contribution >= 4 is 23.2 Å². The predicted molar refractivity (Wildman–Crippen MR) is 62.0 cm³/mol. The number of halogens is 2. The number of alkyl halides is 1. The van der Waals surface area contributed by atoms with E-state index in [9.17, 15) is 0 Å². The quantitative estimate of drug-likeness (QED) is 0.591. The molecule has 2 rings (SSSR count). The van der Waals surface area contributed by atoms with E-state index in [1.54, 1.807) is 18.6 Å². The van der Waals surface area contributed by atoms with Gasteiger partial charge in [0.05, 0.1) is 0 Å². The molecule has 0 aromatic carbocycles. The zero-order chi connectivity index (χ0) is 10.7. The highest BCUT2D eigenvalue weighted by Gasteiger charge is 2.05. The minimum absolute atomic E-state index is 0.433. The fourth-order valence-electron chi connectivity index (χ4n) is 1.30. The summed E-state index contributed by atoms with van der Waals surface area (Å²) in [5.74, 6) is 0.433. The molecular formula is C11H8Cl2N2. The average Bonchev–Trinajstić information content (AvgIpc) is 2.31. The zero-order valence-electron chi connectivity index (χ0n) is 7.82. The summed E-state index contributed by atoms with van der Waals surface area (Å²) in [4.78, 5) is 8.04. The number of hydrogen-bond acceptors (Lipinski definition) is 2. The third-order valence-corrected chi connectivity index (χ3v) is 2.65. The van der Waals surface area contributed by atoms with E-state index in [-0.39, 0.29) is 0 Å². The van der Waals surface area contributed by atoms with Crippen molar-refractivity contribution in [1.29, 1.82) is 0 Å². The first-order valence-corrected chi connectivity index (χ1v) is 5.33. The van der Waals surface area contributed by atoms with E-state index in [1.165, 1.54) is 0 Å². The van der Waals surface area contributed by atoms with Crippen LogP contribution in [0.4, 0.5) is 0 Å². The molecule has 0 radical (unpaired) electrons. The van der Waals surface area contributed by atoms with Gasteiger partial charge in [-0.25, -0.2) is 4.98 Å². The molecule has 4 heteroatoms. The van der Waals surface area contributed by atoms with Gasteiger partial charge in [0.1, 0.15) is 5.15 Å². The van der Waals surface area contributed by atoms with Gasteiger partial charge >= 0.3 is 0 Å². The smallest absolute Gasteiger partial charge is 0.136 e. The molecule has 2 nitrogen and oxygen atoms in total. The highest BCUT2D eigenvalue weighted by Crippen LogP contribution is 2.26. The second-order valence-electron chi connectivity index (χ2n) is 3.05. The van der Waals surface area contributed by atoms with Gasteiger partial charge in [-0.1, -0.05) is 11.6 Å². The van der Waals surface area contributed by atoms with Crippen molar-refractivity contribution in [2.75, 3.05) is 0 Å². The number of pyridine rings is 2. The van der Waals surface area contributed by atoms with Gasteiger partial charge in [0.25, 0.3) is 0 Å². The maximum atomic E-state index is 6.01. The topological polar surface area (TPSA) is 25.8 Å². The van der Waals surface area contributed by atoms with Crippen molar-refractivity contribution in [3.05, 3.63) is 47.5 Å². The Labute approximate surface area is 97.9 Å². The molecule has 2 aromatic heterocycles. The second kappa shape index (κ2) is 4.60. The molecule has 0 saturated heterocycles. The number of rotatable bonds is 2. The third-order valence-electron chi connectivity index (χ3n) is 2.04. The molecule has 0 aliphatic rings. The fourth-order valence-corrected chi connectivity index (χ4v) is 1.66. The van der Waals surface area contributed by atoms with Crippen molar-refractivity contribution in [2.24, 2.45) is 0 Å². The highest BCUT2D eigenvalue weighted by atomic mass is 35.5. The molecule has 2 aromatic rings. The summed E-state index contributed by atoms with van der Waals surface area (Å²) in [6, 6.07) is 5.72. The number of nitrogens with zero attached hydrogens (tertiary/aromatic N) is 2. The van der Waals surface area contributed by atoms with E-state index in [0.29, 0.717) is 11.0 Å². The first-order valence-electron chi connectivity index (χ1n) is 4.42. The Bertz CT molecular complexity index is 457. The molecule has 0 amide bonds. The predicted octanol–water partition coefficient (Wildman–Crippen LogP) is 3.54. The van der Waals surface area contributed by atoms with Gasteiger partial charge in [0, 0.05) is 30.0 Å². The van der Waals surface area contributed by atoms with E-state index in [0.717, 1.165) is 16.7 Å². The Morgan fingerprint density at radius 2 is 1.93 bits per heavy atom. The van der Waals surface area contributed by atoms with E-state index in [4.69, 9.17) is 23.2 Å². The lowest BCUT2D eigenvalue weighted by atomic mass is 10.1. The van der Waals surface area contributed by atoms with Gasteiger partial charge in [-0.2, -0.15) is 0 Å². The summed E-state index contributed by atoms with van der Waals surface area (Å²) < 4.78 is 0. The molecule has 0 spiro atoms. The second-order valence-corrected chi connectivity index (χ2v) is 3.68. The maximum Gasteiger partial charge on any atom is 0.136 e. The summed E-state index contributed by atoms with van der Waals surface area (Å²) in [7, 11) is 0. The van der Waals surface area contributed by atoms with E-state index in [1.807, 2.05) is 18.2 Å². The number of aromatic nitrogens is 2. The summed E-state index contributed by atoms with van der Waals surface area (Å²) >= 11 is 11.8. The SMILES string of the molecule is ClCc1cnc(Cl)c(-c2ccncc2)c1. The molecule has 0 N–H and O–H groups in total. The minimum atomic E-state index is 0.433. The van der Waals surface area contributed by atoms with Gasteiger partial charge in [-0.15, -0.1) is 11.6 Å². The Balaban J connectivity index is 2.52. The number of hydrogen-bond donors (Lipinski definition) is 0. The van der Waals surface area contributed by atoms with Crippen LogP contribution >= 0.6 is 23.2 Å². The molecule has 0 bridgehead atoms. The fraction of sp³-hybridized carbons (Fsp3) is 0.0909. The Morgan fingerprint density at radius 1 is 1.20 bits per heavy atom. The van der Waals surface area contributed by atoms with Crippen LogP contribution in [0.15, 0.2) is 36.8 Å². The summed E-state index contributed by atoms with van der Waals surface area (Å²) in [5, 5.41) is 0.482. The van der Waals surface area contributed by atoms with Crippen molar-refractivity contribution in [3.63, 3.8) is 0 Å². The Hall–Kier alpha value is -1.12. The van der Waals surface area contributed by atoms with Crippen LogP contribution in [0.3, 0.4) is 0 Å². The lowest BCUT2D eigenvalue weighted by Crippen LogP contribution is -1.87.